The summed E-state index contributed by atoms with van der Waals surface area (Å²) in [6.07, 6.45) is 7.48. The minimum absolute atomic E-state index is 0. The van der Waals surface area contributed by atoms with Crippen LogP contribution in [0, 0.1) is 6.42 Å². The van der Waals surface area contributed by atoms with Crippen molar-refractivity contribution in [3.63, 3.8) is 0 Å². The first kappa shape index (κ1) is 40.1. The zero-order chi connectivity index (χ0) is 18.4. The second kappa shape index (κ2) is 26.8. The first-order valence-electron chi connectivity index (χ1n) is 9.00. The zero-order valence-electron chi connectivity index (χ0n) is 17.3. The van der Waals surface area contributed by atoms with Gasteiger partial charge in [0.05, 0.1) is 12.2 Å². The zero-order valence-corrected chi connectivity index (χ0v) is 25.8. The second-order valence-corrected chi connectivity index (χ2v) is 5.63. The number of carbonyl (C=O) groups is 1. The van der Waals surface area contributed by atoms with E-state index in [9.17, 15) is 15.0 Å². The van der Waals surface area contributed by atoms with Gasteiger partial charge in [-0.2, -0.15) is 18.1 Å². The summed E-state index contributed by atoms with van der Waals surface area (Å²) in [6, 6.07) is 7.99. The average molecular weight is 616 g/mol. The van der Waals surface area contributed by atoms with Gasteiger partial charge in [0.15, 0.2) is 0 Å². The quantitative estimate of drug-likeness (QED) is 0.356. The second-order valence-electron chi connectivity index (χ2n) is 5.63. The topological polar surface area (TPSA) is 57.5 Å². The van der Waals surface area contributed by atoms with Crippen molar-refractivity contribution in [2.75, 3.05) is 0 Å². The van der Waals surface area contributed by atoms with E-state index in [1.54, 1.807) is 6.08 Å². The van der Waals surface area contributed by atoms with Gasteiger partial charge in [-0.1, -0.05) is 53.2 Å². The van der Waals surface area contributed by atoms with Crippen molar-refractivity contribution >= 4 is 11.9 Å². The number of Topliss-reactive ketones (excluding diaryl/α,β-unsaturated/α-hetero) is 1. The van der Waals surface area contributed by atoms with E-state index in [1.165, 1.54) is 6.92 Å². The van der Waals surface area contributed by atoms with E-state index >= 15 is 0 Å². The molecule has 0 saturated carbocycles. The Balaban J connectivity index is -0.000000284. The molecule has 0 spiro atoms. The number of benzene rings is 1. The van der Waals surface area contributed by atoms with Crippen molar-refractivity contribution in [1.29, 1.82) is 0 Å². The van der Waals surface area contributed by atoms with E-state index in [-0.39, 0.29) is 111 Å². The molecule has 2 N–H and O–H groups in total. The van der Waals surface area contributed by atoms with Crippen molar-refractivity contribution in [2.45, 2.75) is 79.4 Å². The predicted molar refractivity (Wildman–Crippen MR) is 108 cm³/mol. The molecule has 0 aliphatic rings. The molecule has 1 rings (SSSR count). The first-order chi connectivity index (χ1) is 11.5. The molecule has 153 valence electrons. The molecule has 3 nitrogen and oxygen atoms in total. The van der Waals surface area contributed by atoms with Gasteiger partial charge >= 0.3 is 0 Å². The number of aliphatic hydroxyl groups is 2. The van der Waals surface area contributed by atoms with E-state index in [4.69, 9.17) is 0 Å². The van der Waals surface area contributed by atoms with E-state index in [0.29, 0.717) is 19.3 Å². The van der Waals surface area contributed by atoms with Gasteiger partial charge in [-0.15, -0.1) is 23.8 Å². The van der Waals surface area contributed by atoms with Crippen molar-refractivity contribution < 1.29 is 113 Å². The minimum Gasteiger partial charge on any atom is -0.390 e. The molecular weight excluding hydrogens is 579 g/mol. The van der Waals surface area contributed by atoms with Crippen LogP contribution in [0.2, 0.25) is 0 Å². The summed E-state index contributed by atoms with van der Waals surface area (Å²) in [5.41, 5.74) is 2.17. The summed E-state index contributed by atoms with van der Waals surface area (Å²) >= 11 is 0. The van der Waals surface area contributed by atoms with Crippen molar-refractivity contribution in [1.82, 2.24) is 0 Å². The van der Waals surface area contributed by atoms with Gasteiger partial charge in [0, 0.05) is 105 Å². The van der Waals surface area contributed by atoms with Crippen LogP contribution in [0.5, 0.6) is 0 Å². The first-order valence-corrected chi connectivity index (χ1v) is 9.00. The van der Waals surface area contributed by atoms with Crippen LogP contribution in [0.1, 0.15) is 78.4 Å². The molecule has 0 amide bonds. The Bertz CT molecular complexity index is 494. The third kappa shape index (κ3) is 19.7. The number of unbranched alkanes of at least 4 members (excludes halogenated alkanes) is 1. The number of ketones is 1. The summed E-state index contributed by atoms with van der Waals surface area (Å²) in [4.78, 5) is 10.9. The third-order valence-corrected chi connectivity index (χ3v) is 3.54. The maximum absolute atomic E-state index is 10.9. The SMILES string of the molecule is C.CC.CCC[CH-]c1ccccc1/C=C/[C@@H](O)[C@@H](O)CCCC(C)=O.[Y].[Y].[Y]. The van der Waals surface area contributed by atoms with Gasteiger partial charge in [-0.25, -0.2) is 0 Å². The monoisotopic (exact) mass is 616 g/mol. The number of carbonyl (C=O) groups excluding carboxylic acids is 1. The fourth-order valence-electron chi connectivity index (χ4n) is 2.21. The Labute approximate surface area is 248 Å². The molecule has 6 heteroatoms. The molecule has 2 atom stereocenters. The molecule has 0 aromatic heterocycles. The van der Waals surface area contributed by atoms with E-state index in [2.05, 4.69) is 13.3 Å². The largest absolute Gasteiger partial charge is 0.390 e. The average Bonchev–Trinajstić information content (AvgIpc) is 2.59. The minimum atomic E-state index is -0.911. The van der Waals surface area contributed by atoms with Crippen molar-refractivity contribution in [2.24, 2.45) is 0 Å². The molecule has 0 unspecified atom stereocenters. The van der Waals surface area contributed by atoms with E-state index in [0.717, 1.165) is 24.0 Å². The van der Waals surface area contributed by atoms with Crippen molar-refractivity contribution in [3.8, 4) is 0 Å². The van der Waals surface area contributed by atoms with Crippen molar-refractivity contribution in [3.05, 3.63) is 47.9 Å². The molecule has 28 heavy (non-hydrogen) atoms. The fraction of sp³-hybridized carbons (Fsp3) is 0.545. The Hall–Kier alpha value is 1.73. The number of aliphatic hydroxyl groups excluding tert-OH is 2. The molecule has 0 aliphatic heterocycles. The molecular formula is C22H37O3Y3-. The molecule has 0 saturated heterocycles. The standard InChI is InChI=1S/C19H27O3.C2H6.CH4.3Y/c1-3-4-9-16-10-5-6-11-17(16)13-14-19(22)18(21)12-7-8-15(2)20;1-2;;;;/h5-6,9-11,13-14,18-19,21-22H,3-4,7-8,12H2,1-2H3;1-2H3;1H4;;;/q-1;;;;;/b14-13+;;;;;/t18-,19+;;;;;/m0...../s1. The van der Waals surface area contributed by atoms with E-state index < -0.39 is 12.2 Å². The van der Waals surface area contributed by atoms with Crippen LogP contribution in [-0.2, 0) is 103 Å². The normalized spacial score (nSPS) is 11.2. The Morgan fingerprint density at radius 1 is 1.14 bits per heavy atom. The summed E-state index contributed by atoms with van der Waals surface area (Å²) in [5, 5.41) is 19.9. The molecule has 1 aromatic carbocycles. The molecule has 3 radical (unpaired) electrons. The number of hydrogen-bond acceptors (Lipinski definition) is 3. The molecule has 0 aliphatic carbocycles. The maximum atomic E-state index is 10.9. The Morgan fingerprint density at radius 3 is 2.25 bits per heavy atom. The van der Waals surface area contributed by atoms with Crippen LogP contribution < -0.4 is 0 Å². The van der Waals surface area contributed by atoms with Gasteiger partial charge in [-0.3, -0.25) is 0 Å². The summed E-state index contributed by atoms with van der Waals surface area (Å²) < 4.78 is 0. The van der Waals surface area contributed by atoms with Gasteiger partial charge in [0.1, 0.15) is 5.78 Å². The van der Waals surface area contributed by atoms with Crippen LogP contribution in [0.25, 0.3) is 6.08 Å². The smallest absolute Gasteiger partial charge is 0.129 e. The number of rotatable bonds is 10. The van der Waals surface area contributed by atoms with Gasteiger partial charge in [-0.05, 0) is 19.8 Å². The number of hydrogen-bond donors (Lipinski definition) is 2. The van der Waals surface area contributed by atoms with Crippen LogP contribution in [0.15, 0.2) is 30.3 Å². The molecule has 0 heterocycles. The van der Waals surface area contributed by atoms with Crippen LogP contribution in [-0.4, -0.2) is 28.2 Å². The molecule has 0 fully saturated rings. The Kier molecular flexibility index (Phi) is 38.4. The van der Waals surface area contributed by atoms with Crippen LogP contribution in [0.4, 0.5) is 0 Å². The fourth-order valence-corrected chi connectivity index (χ4v) is 2.21. The summed E-state index contributed by atoms with van der Waals surface area (Å²) in [6.45, 7) is 7.67. The van der Waals surface area contributed by atoms with Crippen LogP contribution >= 0.6 is 0 Å². The molecule has 1 aromatic rings. The third-order valence-electron chi connectivity index (χ3n) is 3.54. The predicted octanol–water partition coefficient (Wildman–Crippen LogP) is 5.19. The van der Waals surface area contributed by atoms with Crippen LogP contribution in [0.3, 0.4) is 0 Å². The van der Waals surface area contributed by atoms with E-state index in [1.807, 2.05) is 44.2 Å². The summed E-state index contributed by atoms with van der Waals surface area (Å²) in [7, 11) is 0. The van der Waals surface area contributed by atoms with Gasteiger partial charge < -0.3 is 15.0 Å². The summed E-state index contributed by atoms with van der Waals surface area (Å²) in [5.74, 6) is 0.109. The Morgan fingerprint density at radius 2 is 1.71 bits per heavy atom. The van der Waals surface area contributed by atoms with Gasteiger partial charge in [0.2, 0.25) is 0 Å². The maximum Gasteiger partial charge on any atom is 0.129 e. The van der Waals surface area contributed by atoms with Gasteiger partial charge in [0.25, 0.3) is 0 Å². The molecule has 0 bridgehead atoms.